The van der Waals surface area contributed by atoms with Gasteiger partial charge < -0.3 is 9.32 Å². The Bertz CT molecular complexity index is 835. The smallest absolute Gasteiger partial charge is 0.290 e. The van der Waals surface area contributed by atoms with E-state index in [1.807, 2.05) is 16.3 Å². The van der Waals surface area contributed by atoms with Gasteiger partial charge in [0.1, 0.15) is 11.6 Å². The fourth-order valence-electron chi connectivity index (χ4n) is 2.70. The summed E-state index contributed by atoms with van der Waals surface area (Å²) in [4.78, 5) is 14.7. The minimum Gasteiger partial charge on any atom is -0.451 e. The summed E-state index contributed by atoms with van der Waals surface area (Å²) in [6, 6.07) is 11.9. The third kappa shape index (κ3) is 3.12. The molecule has 2 aromatic heterocycles. The number of halogens is 1. The lowest BCUT2D eigenvalue weighted by Crippen LogP contribution is -2.32. The number of amides is 1. The first-order valence-electron chi connectivity index (χ1n) is 7.88. The van der Waals surface area contributed by atoms with Gasteiger partial charge in [-0.05, 0) is 71.6 Å². The van der Waals surface area contributed by atoms with E-state index in [-0.39, 0.29) is 11.7 Å². The van der Waals surface area contributed by atoms with Crippen LogP contribution < -0.4 is 0 Å². The van der Waals surface area contributed by atoms with Gasteiger partial charge in [0.05, 0.1) is 0 Å². The van der Waals surface area contributed by atoms with Crippen LogP contribution in [-0.4, -0.2) is 16.8 Å². The first kappa shape index (κ1) is 15.1. The molecule has 0 aliphatic heterocycles. The molecule has 4 rings (SSSR count). The molecule has 122 valence electrons. The van der Waals surface area contributed by atoms with Crippen LogP contribution in [0.1, 0.15) is 29.0 Å². The van der Waals surface area contributed by atoms with Crippen molar-refractivity contribution in [2.45, 2.75) is 25.4 Å². The maximum Gasteiger partial charge on any atom is 0.290 e. The van der Waals surface area contributed by atoms with Crippen LogP contribution in [0.5, 0.6) is 0 Å². The minimum atomic E-state index is -0.294. The molecule has 2 heterocycles. The van der Waals surface area contributed by atoms with E-state index in [9.17, 15) is 9.18 Å². The molecule has 3 aromatic rings. The van der Waals surface area contributed by atoms with Crippen molar-refractivity contribution in [2.75, 3.05) is 0 Å². The average Bonchev–Trinajstić information content (AvgIpc) is 3.10. The summed E-state index contributed by atoms with van der Waals surface area (Å²) in [6.45, 7) is 0.611. The first-order valence-corrected chi connectivity index (χ1v) is 8.83. The maximum absolute atomic E-state index is 13.0. The molecule has 24 heavy (non-hydrogen) atoms. The summed E-state index contributed by atoms with van der Waals surface area (Å²) < 4.78 is 18.8. The molecule has 0 unspecified atom stereocenters. The maximum atomic E-state index is 13.0. The number of carbonyl (C=O) groups is 1. The van der Waals surface area contributed by atoms with E-state index >= 15 is 0 Å². The van der Waals surface area contributed by atoms with Gasteiger partial charge in [-0.15, -0.1) is 0 Å². The fourth-order valence-corrected chi connectivity index (χ4v) is 3.36. The highest BCUT2D eigenvalue weighted by Gasteiger charge is 2.34. The highest BCUT2D eigenvalue weighted by molar-refractivity contribution is 7.07. The number of carbonyl (C=O) groups excluding carboxylic acids is 1. The number of hydrogen-bond donors (Lipinski definition) is 0. The van der Waals surface area contributed by atoms with E-state index < -0.39 is 0 Å². The van der Waals surface area contributed by atoms with Gasteiger partial charge in [0.15, 0.2) is 5.76 Å². The van der Waals surface area contributed by atoms with Gasteiger partial charge >= 0.3 is 0 Å². The summed E-state index contributed by atoms with van der Waals surface area (Å²) >= 11 is 1.63. The largest absolute Gasteiger partial charge is 0.451 e. The molecule has 3 nitrogen and oxygen atoms in total. The molecule has 1 aromatic carbocycles. The van der Waals surface area contributed by atoms with Crippen LogP contribution in [0, 0.1) is 5.82 Å². The molecule has 1 fully saturated rings. The van der Waals surface area contributed by atoms with E-state index in [1.54, 1.807) is 35.6 Å². The van der Waals surface area contributed by atoms with Gasteiger partial charge in [0.25, 0.3) is 5.91 Å². The number of rotatable bonds is 5. The van der Waals surface area contributed by atoms with Crippen molar-refractivity contribution in [3.8, 4) is 11.3 Å². The van der Waals surface area contributed by atoms with Crippen LogP contribution in [0.15, 0.2) is 57.6 Å². The van der Waals surface area contributed by atoms with E-state index in [0.29, 0.717) is 24.1 Å². The predicted molar refractivity (Wildman–Crippen MR) is 91.3 cm³/mol. The first-order chi connectivity index (χ1) is 11.7. The second kappa shape index (κ2) is 6.24. The number of thiophene rings is 1. The monoisotopic (exact) mass is 341 g/mol. The molecule has 1 saturated carbocycles. The second-order valence-electron chi connectivity index (χ2n) is 5.97. The highest BCUT2D eigenvalue weighted by Crippen LogP contribution is 2.31. The molecular formula is C19H16FNO2S. The summed E-state index contributed by atoms with van der Waals surface area (Å²) in [5.41, 5.74) is 1.90. The third-order valence-corrected chi connectivity index (χ3v) is 4.86. The Labute approximate surface area is 143 Å². The zero-order valence-corrected chi connectivity index (χ0v) is 13.8. The van der Waals surface area contributed by atoms with Crippen LogP contribution in [0.25, 0.3) is 11.3 Å². The third-order valence-electron chi connectivity index (χ3n) is 4.13. The van der Waals surface area contributed by atoms with Gasteiger partial charge in [0.2, 0.25) is 0 Å². The Kier molecular flexibility index (Phi) is 3.94. The Morgan fingerprint density at radius 1 is 1.17 bits per heavy atom. The Morgan fingerprint density at radius 3 is 2.62 bits per heavy atom. The lowest BCUT2D eigenvalue weighted by molar-refractivity contribution is 0.0698. The molecular weight excluding hydrogens is 325 g/mol. The lowest BCUT2D eigenvalue weighted by Gasteiger charge is -2.20. The van der Waals surface area contributed by atoms with Crippen molar-refractivity contribution >= 4 is 17.2 Å². The van der Waals surface area contributed by atoms with Crippen LogP contribution >= 0.6 is 11.3 Å². The van der Waals surface area contributed by atoms with Gasteiger partial charge in [-0.1, -0.05) is 0 Å². The molecule has 0 atom stereocenters. The van der Waals surface area contributed by atoms with E-state index in [2.05, 4.69) is 5.38 Å². The molecule has 0 saturated heterocycles. The highest BCUT2D eigenvalue weighted by atomic mass is 32.1. The zero-order chi connectivity index (χ0) is 16.5. The molecule has 5 heteroatoms. The molecule has 1 aliphatic rings. The Hall–Kier alpha value is -2.40. The molecule has 0 bridgehead atoms. The number of hydrogen-bond acceptors (Lipinski definition) is 3. The topological polar surface area (TPSA) is 33.5 Å². The van der Waals surface area contributed by atoms with Crippen LogP contribution in [0.2, 0.25) is 0 Å². The SMILES string of the molecule is O=C(c1ccc(-c2ccc(F)cc2)o1)N(Cc1ccsc1)C1CC1. The van der Waals surface area contributed by atoms with Crippen LogP contribution in [0.3, 0.4) is 0 Å². The van der Waals surface area contributed by atoms with Crippen LogP contribution in [-0.2, 0) is 6.54 Å². The molecule has 1 amide bonds. The predicted octanol–water partition coefficient (Wildman–Crippen LogP) is 4.95. The summed E-state index contributed by atoms with van der Waals surface area (Å²) in [6.07, 6.45) is 2.09. The van der Waals surface area contributed by atoms with Crippen LogP contribution in [0.4, 0.5) is 4.39 Å². The Morgan fingerprint density at radius 2 is 1.96 bits per heavy atom. The van der Waals surface area contributed by atoms with E-state index in [0.717, 1.165) is 24.0 Å². The molecule has 0 radical (unpaired) electrons. The van der Waals surface area contributed by atoms with Crippen molar-refractivity contribution in [3.63, 3.8) is 0 Å². The Balaban J connectivity index is 1.56. The average molecular weight is 341 g/mol. The van der Waals surface area contributed by atoms with E-state index in [1.165, 1.54) is 12.1 Å². The minimum absolute atomic E-state index is 0.0861. The zero-order valence-electron chi connectivity index (χ0n) is 12.9. The van der Waals surface area contributed by atoms with Crippen molar-refractivity contribution in [3.05, 3.63) is 70.4 Å². The fraction of sp³-hybridized carbons (Fsp3) is 0.211. The van der Waals surface area contributed by atoms with Gasteiger partial charge in [-0.3, -0.25) is 4.79 Å². The second-order valence-corrected chi connectivity index (χ2v) is 6.75. The van der Waals surface area contributed by atoms with Gasteiger partial charge in [-0.2, -0.15) is 11.3 Å². The summed E-state index contributed by atoms with van der Waals surface area (Å²) in [7, 11) is 0. The van der Waals surface area contributed by atoms with Crippen molar-refractivity contribution in [1.82, 2.24) is 4.90 Å². The normalized spacial score (nSPS) is 13.9. The lowest BCUT2D eigenvalue weighted by atomic mass is 10.2. The summed E-state index contributed by atoms with van der Waals surface area (Å²) in [5.74, 6) is 0.524. The van der Waals surface area contributed by atoms with Crippen molar-refractivity contribution in [1.29, 1.82) is 0 Å². The van der Waals surface area contributed by atoms with Crippen molar-refractivity contribution < 1.29 is 13.6 Å². The van der Waals surface area contributed by atoms with Gasteiger partial charge in [-0.25, -0.2) is 4.39 Å². The molecule has 0 spiro atoms. The van der Waals surface area contributed by atoms with E-state index in [4.69, 9.17) is 4.42 Å². The quantitative estimate of drug-likeness (QED) is 0.658. The molecule has 0 N–H and O–H groups in total. The van der Waals surface area contributed by atoms with Crippen molar-refractivity contribution in [2.24, 2.45) is 0 Å². The number of furan rings is 1. The summed E-state index contributed by atoms with van der Waals surface area (Å²) in [5, 5.41) is 4.08. The molecule has 1 aliphatic carbocycles. The van der Waals surface area contributed by atoms with Gasteiger partial charge in [0, 0.05) is 18.2 Å². The number of nitrogens with zero attached hydrogens (tertiary/aromatic N) is 1. The standard InChI is InChI=1S/C19H16FNO2S/c20-15-3-1-14(2-4-15)17-7-8-18(23-17)19(22)21(16-5-6-16)11-13-9-10-24-12-13/h1-4,7-10,12,16H,5-6,11H2. The number of benzene rings is 1.